The zero-order valence-corrected chi connectivity index (χ0v) is 14.1. The Bertz CT molecular complexity index is 512. The van der Waals surface area contributed by atoms with Gasteiger partial charge in [0.1, 0.15) is 12.4 Å². The van der Waals surface area contributed by atoms with E-state index >= 15 is 0 Å². The molecule has 0 bridgehead atoms. The molecule has 0 heterocycles. The molecule has 6 heteroatoms. The van der Waals surface area contributed by atoms with Gasteiger partial charge < -0.3 is 10.1 Å². The molecule has 0 spiro atoms. The maximum atomic E-state index is 12.5. The second-order valence-corrected chi connectivity index (χ2v) is 7.21. The fraction of sp³-hybridized carbons (Fsp3) is 0.600. The Morgan fingerprint density at radius 2 is 1.86 bits per heavy atom. The summed E-state index contributed by atoms with van der Waals surface area (Å²) in [6, 6.07) is 6.61. The smallest absolute Gasteiger partial charge is 0.243 e. The first-order valence-electron chi connectivity index (χ1n) is 7.29. The lowest BCUT2D eigenvalue weighted by Crippen LogP contribution is -2.34. The number of nitrogens with zero attached hydrogens (tertiary/aromatic N) is 1. The van der Waals surface area contributed by atoms with Crippen LogP contribution in [0.2, 0.25) is 0 Å². The van der Waals surface area contributed by atoms with E-state index in [1.807, 2.05) is 27.8 Å². The van der Waals surface area contributed by atoms with Crippen LogP contribution in [0.1, 0.15) is 20.8 Å². The van der Waals surface area contributed by atoms with E-state index in [9.17, 15) is 8.42 Å². The summed E-state index contributed by atoms with van der Waals surface area (Å²) in [4.78, 5) is 0.311. The van der Waals surface area contributed by atoms with E-state index in [0.29, 0.717) is 36.3 Å². The second kappa shape index (κ2) is 8.36. The van der Waals surface area contributed by atoms with E-state index in [1.165, 1.54) is 4.31 Å². The normalized spacial score (nSPS) is 12.1. The molecule has 1 rings (SSSR count). The highest BCUT2D eigenvalue weighted by atomic mass is 32.2. The lowest BCUT2D eigenvalue weighted by Gasteiger charge is -2.22. The van der Waals surface area contributed by atoms with Crippen molar-refractivity contribution in [2.75, 3.05) is 33.3 Å². The number of hydrogen-bond donors (Lipinski definition) is 1. The summed E-state index contributed by atoms with van der Waals surface area (Å²) >= 11 is 0. The number of benzene rings is 1. The van der Waals surface area contributed by atoms with Gasteiger partial charge in [-0.2, -0.15) is 4.31 Å². The van der Waals surface area contributed by atoms with Crippen molar-refractivity contribution in [1.29, 1.82) is 0 Å². The lowest BCUT2D eigenvalue weighted by atomic mass is 10.2. The molecule has 0 radical (unpaired) electrons. The molecule has 0 amide bonds. The molecule has 1 aromatic carbocycles. The Morgan fingerprint density at radius 3 is 2.33 bits per heavy atom. The Kier molecular flexibility index (Phi) is 7.14. The minimum Gasteiger partial charge on any atom is -0.492 e. The van der Waals surface area contributed by atoms with Gasteiger partial charge in [0.15, 0.2) is 0 Å². The molecule has 0 aliphatic rings. The molecule has 0 aliphatic carbocycles. The highest BCUT2D eigenvalue weighted by molar-refractivity contribution is 7.89. The van der Waals surface area contributed by atoms with Crippen LogP contribution in [0.3, 0.4) is 0 Å². The number of sulfonamides is 1. The van der Waals surface area contributed by atoms with E-state index in [-0.39, 0.29) is 0 Å². The summed E-state index contributed by atoms with van der Waals surface area (Å²) in [5, 5.41) is 2.99. The first kappa shape index (κ1) is 17.9. The van der Waals surface area contributed by atoms with Crippen molar-refractivity contribution in [2.45, 2.75) is 25.7 Å². The Morgan fingerprint density at radius 1 is 1.24 bits per heavy atom. The zero-order chi connectivity index (χ0) is 15.9. The van der Waals surface area contributed by atoms with Gasteiger partial charge in [-0.15, -0.1) is 0 Å². The fourth-order valence-electron chi connectivity index (χ4n) is 1.93. The van der Waals surface area contributed by atoms with Crippen molar-refractivity contribution < 1.29 is 13.2 Å². The average molecular weight is 314 g/mol. The summed E-state index contributed by atoms with van der Waals surface area (Å²) in [6.07, 6.45) is 0. The van der Waals surface area contributed by atoms with Gasteiger partial charge in [-0.05, 0) is 37.2 Å². The van der Waals surface area contributed by atoms with Gasteiger partial charge in [-0.1, -0.05) is 20.8 Å². The van der Waals surface area contributed by atoms with E-state index in [0.717, 1.165) is 6.54 Å². The van der Waals surface area contributed by atoms with E-state index in [1.54, 1.807) is 24.3 Å². The highest BCUT2D eigenvalue weighted by Gasteiger charge is 2.23. The predicted molar refractivity (Wildman–Crippen MR) is 85.1 cm³/mol. The van der Waals surface area contributed by atoms with Crippen LogP contribution in [-0.2, 0) is 10.0 Å². The summed E-state index contributed by atoms with van der Waals surface area (Å²) < 4.78 is 32.1. The van der Waals surface area contributed by atoms with E-state index < -0.39 is 10.0 Å². The van der Waals surface area contributed by atoms with Gasteiger partial charge in [0.25, 0.3) is 0 Å². The summed E-state index contributed by atoms with van der Waals surface area (Å²) in [7, 11) is -1.57. The molecule has 1 N–H and O–H groups in total. The number of rotatable bonds is 9. The molecule has 0 unspecified atom stereocenters. The van der Waals surface area contributed by atoms with Gasteiger partial charge in [-0.3, -0.25) is 0 Å². The summed E-state index contributed by atoms with van der Waals surface area (Å²) in [5.41, 5.74) is 0. The van der Waals surface area contributed by atoms with Gasteiger partial charge in [-0.25, -0.2) is 8.42 Å². The van der Waals surface area contributed by atoms with Gasteiger partial charge in [0, 0.05) is 19.6 Å². The minimum absolute atomic E-state index is 0.295. The second-order valence-electron chi connectivity index (χ2n) is 5.27. The Labute approximate surface area is 128 Å². The maximum absolute atomic E-state index is 12.5. The maximum Gasteiger partial charge on any atom is 0.243 e. The monoisotopic (exact) mass is 314 g/mol. The van der Waals surface area contributed by atoms with Crippen molar-refractivity contribution in [1.82, 2.24) is 9.62 Å². The standard InChI is InChI=1S/C15H26N2O3S/c1-5-17(12-13(2)3)21(18,19)15-8-6-14(7-9-15)20-11-10-16-4/h6-9,13,16H,5,10-12H2,1-4H3. The molecule has 120 valence electrons. The Hall–Kier alpha value is -1.11. The number of hydrogen-bond acceptors (Lipinski definition) is 4. The number of nitrogens with one attached hydrogen (secondary N) is 1. The molecule has 0 saturated carbocycles. The van der Waals surface area contributed by atoms with Crippen LogP contribution in [-0.4, -0.2) is 46.0 Å². The average Bonchev–Trinajstić information content (AvgIpc) is 2.45. The van der Waals surface area contributed by atoms with Gasteiger partial charge >= 0.3 is 0 Å². The Balaban J connectivity index is 2.83. The van der Waals surface area contributed by atoms with Crippen LogP contribution >= 0.6 is 0 Å². The minimum atomic E-state index is -3.42. The van der Waals surface area contributed by atoms with Crippen molar-refractivity contribution >= 4 is 10.0 Å². The third-order valence-corrected chi connectivity index (χ3v) is 4.96. The van der Waals surface area contributed by atoms with E-state index in [4.69, 9.17) is 4.74 Å². The molecular weight excluding hydrogens is 288 g/mol. The van der Waals surface area contributed by atoms with Crippen LogP contribution in [0.5, 0.6) is 5.75 Å². The van der Waals surface area contributed by atoms with Crippen LogP contribution in [0.4, 0.5) is 0 Å². The molecular formula is C15H26N2O3S. The molecule has 0 aromatic heterocycles. The molecule has 0 atom stereocenters. The summed E-state index contributed by atoms with van der Waals surface area (Å²) in [6.45, 7) is 8.18. The summed E-state index contributed by atoms with van der Waals surface area (Å²) in [5.74, 6) is 0.972. The van der Waals surface area contributed by atoms with Crippen molar-refractivity contribution in [3.05, 3.63) is 24.3 Å². The molecule has 0 saturated heterocycles. The molecule has 0 fully saturated rings. The zero-order valence-electron chi connectivity index (χ0n) is 13.3. The molecule has 0 aliphatic heterocycles. The highest BCUT2D eigenvalue weighted by Crippen LogP contribution is 2.20. The van der Waals surface area contributed by atoms with Crippen molar-refractivity contribution in [2.24, 2.45) is 5.92 Å². The topological polar surface area (TPSA) is 58.6 Å². The van der Waals surface area contributed by atoms with Crippen molar-refractivity contribution in [3.8, 4) is 5.75 Å². The first-order chi connectivity index (χ1) is 9.91. The fourth-order valence-corrected chi connectivity index (χ4v) is 3.54. The largest absolute Gasteiger partial charge is 0.492 e. The van der Waals surface area contributed by atoms with Gasteiger partial charge in [0.2, 0.25) is 10.0 Å². The first-order valence-corrected chi connectivity index (χ1v) is 8.73. The number of likely N-dealkylation sites (N-methyl/N-ethyl adjacent to an activating group) is 1. The predicted octanol–water partition coefficient (Wildman–Crippen LogP) is 1.95. The SMILES string of the molecule is CCN(CC(C)C)S(=O)(=O)c1ccc(OCCNC)cc1. The van der Waals surface area contributed by atoms with Crippen LogP contribution in [0.25, 0.3) is 0 Å². The third-order valence-electron chi connectivity index (χ3n) is 3.00. The third kappa shape index (κ3) is 5.30. The molecule has 5 nitrogen and oxygen atoms in total. The lowest BCUT2D eigenvalue weighted by molar-refractivity contribution is 0.318. The quantitative estimate of drug-likeness (QED) is 0.708. The number of ether oxygens (including phenoxy) is 1. The van der Waals surface area contributed by atoms with Gasteiger partial charge in [0.05, 0.1) is 4.90 Å². The van der Waals surface area contributed by atoms with Crippen LogP contribution in [0.15, 0.2) is 29.2 Å². The molecule has 21 heavy (non-hydrogen) atoms. The molecule has 1 aromatic rings. The van der Waals surface area contributed by atoms with Crippen LogP contribution < -0.4 is 10.1 Å². The van der Waals surface area contributed by atoms with Crippen LogP contribution in [0, 0.1) is 5.92 Å². The van der Waals surface area contributed by atoms with E-state index in [2.05, 4.69) is 5.32 Å². The van der Waals surface area contributed by atoms with Crippen molar-refractivity contribution in [3.63, 3.8) is 0 Å².